The van der Waals surface area contributed by atoms with Gasteiger partial charge in [0.2, 0.25) is 47.6 Å². The van der Waals surface area contributed by atoms with Crippen LogP contribution in [0, 0.1) is 70.4 Å². The number of benzene rings is 3. The van der Waals surface area contributed by atoms with Gasteiger partial charge in [-0.1, -0.05) is 40.4 Å². The number of halogens is 8. The maximum absolute atomic E-state index is 13.6. The molecule has 5 aromatic rings. The largest absolute Gasteiger partial charge is 0.486 e. The Hall–Kier alpha value is -8.86. The second kappa shape index (κ2) is 33.8. The standard InChI is InChI=1S/C23H28F2N6O5S.C18H19ClF2N6O4S.C17H19ClF2N4O5S/c1-15-27-20(36-29-15)13-37(33,34)31-7-5-30(6-8-31)19(12-26)21(35-14-23(2)3-4-23)22(32)28-18-10-16(24)9-17(25)11-18;1-11-23-16(31-25-11)10-32(29,30)27-4-2-26(3-5-27)15(9-22)17(19)18(28)24-14-7-12(20)6-13(21)8-14;1-29-15(25)10-30(27,28)24-4-2-23(3-5-24)14(9-21)16(18)17(26)22-13-7-11(19)6-12(20)8-13/h9-12,26H,3-8,13-14H2,1-2H3,(H,28,32);6-9,22H,2-5,10H2,1H3,(H,24,28);6-9,21H,2-5,10H2,1H3,(H,22,26)/b21-19-,26-12?;17-15-,22-9?;16-14-,21-9?. The van der Waals surface area contributed by atoms with Crippen LogP contribution in [0.4, 0.5) is 43.4 Å². The zero-order valence-electron chi connectivity index (χ0n) is 53.1. The van der Waals surface area contributed by atoms with Crippen LogP contribution in [0.2, 0.25) is 0 Å². The van der Waals surface area contributed by atoms with Crippen LogP contribution < -0.4 is 16.0 Å². The number of aromatic nitrogens is 4. The third-order valence-corrected chi connectivity index (χ3v) is 20.9. The Kier molecular flexibility index (Phi) is 26.5. The average molecular weight is 1490 g/mol. The van der Waals surface area contributed by atoms with Crippen LogP contribution in [0.5, 0.6) is 0 Å². The fraction of sp³-hybridized carbons (Fsp3) is 0.397. The first-order valence-electron chi connectivity index (χ1n) is 29.5. The summed E-state index contributed by atoms with van der Waals surface area (Å²) in [6.45, 7) is 6.60. The second-order valence-electron chi connectivity index (χ2n) is 22.5. The molecule has 0 spiro atoms. The lowest BCUT2D eigenvalue weighted by Crippen LogP contribution is -2.50. The van der Waals surface area contributed by atoms with Gasteiger partial charge in [0.1, 0.15) is 62.2 Å². The number of hydrogen-bond acceptors (Lipinski definition) is 24. The fourth-order valence-corrected chi connectivity index (χ4v) is 14.1. The molecule has 3 saturated heterocycles. The fourth-order valence-electron chi connectivity index (χ4n) is 9.63. The van der Waals surface area contributed by atoms with E-state index in [2.05, 4.69) is 41.0 Å². The van der Waals surface area contributed by atoms with Crippen LogP contribution in [-0.2, 0) is 70.2 Å². The number of carbonyl (C=O) groups excluding carboxylic acids is 4. The summed E-state index contributed by atoms with van der Waals surface area (Å²) in [4.78, 5) is 61.7. The molecule has 3 aromatic carbocycles. The summed E-state index contributed by atoms with van der Waals surface area (Å²) in [5.41, 5.74) is -0.285. The number of piperazine rings is 3. The smallest absolute Gasteiger partial charge is 0.322 e. The molecule has 536 valence electrons. The number of rotatable bonds is 24. The Bertz CT molecular complexity index is 4250. The van der Waals surface area contributed by atoms with Crippen molar-refractivity contribution in [3.05, 3.63) is 146 Å². The van der Waals surface area contributed by atoms with E-state index in [-0.39, 0.29) is 147 Å². The summed E-state index contributed by atoms with van der Waals surface area (Å²) in [7, 11) is -10.2. The van der Waals surface area contributed by atoms with Crippen LogP contribution in [0.15, 0.2) is 96.6 Å². The SMILES string of the molecule is COC(=O)CS(=O)(=O)N1CCN(/C(C=N)=C(\Cl)C(=O)Nc2cc(F)cc(F)c2)CC1.Cc1noc(CS(=O)(=O)N2CCN(/C(C=N)=C(\Cl)C(=O)Nc3cc(F)cc(F)c3)CC2)n1.Cc1noc(CS(=O)(=O)N2CCN(/C(C=N)=C(\OCC3(C)CC3)C(=O)Nc3cc(F)cc(F)c3)CC2)n1. The zero-order valence-corrected chi connectivity index (χ0v) is 57.1. The van der Waals surface area contributed by atoms with E-state index >= 15 is 0 Å². The van der Waals surface area contributed by atoms with E-state index in [4.69, 9.17) is 53.2 Å². The highest BCUT2D eigenvalue weighted by Gasteiger charge is 2.40. The molecule has 99 heavy (non-hydrogen) atoms. The topological polar surface area (TPSA) is 394 Å². The third kappa shape index (κ3) is 22.1. The lowest BCUT2D eigenvalue weighted by molar-refractivity contribution is -0.137. The molecule has 30 nitrogen and oxygen atoms in total. The molecule has 0 unspecified atom stereocenters. The number of nitrogens with zero attached hydrogens (tertiary/aromatic N) is 10. The summed E-state index contributed by atoms with van der Waals surface area (Å²) < 4.78 is 179. The Morgan fingerprint density at radius 2 is 0.838 bits per heavy atom. The average Bonchev–Trinajstić information content (AvgIpc) is 1.78. The maximum Gasteiger partial charge on any atom is 0.322 e. The molecular weight excluding hydrogens is 1430 g/mol. The summed E-state index contributed by atoms with van der Waals surface area (Å²) in [6, 6.07) is 7.58. The van der Waals surface area contributed by atoms with Crippen molar-refractivity contribution in [3.8, 4) is 0 Å². The molecule has 5 heterocycles. The van der Waals surface area contributed by atoms with Crippen molar-refractivity contribution in [3.63, 3.8) is 0 Å². The molecule has 3 aliphatic heterocycles. The molecule has 2 aromatic heterocycles. The Balaban J connectivity index is 0.000000210. The number of aryl methyl sites for hydroxylation is 2. The quantitative estimate of drug-likeness (QED) is 0.0148. The van der Waals surface area contributed by atoms with Crippen molar-refractivity contribution in [1.82, 2.24) is 47.9 Å². The molecule has 1 aliphatic carbocycles. The van der Waals surface area contributed by atoms with Crippen LogP contribution in [0.3, 0.4) is 0 Å². The van der Waals surface area contributed by atoms with Crippen molar-refractivity contribution in [2.45, 2.75) is 45.1 Å². The van der Waals surface area contributed by atoms with Gasteiger partial charge in [-0.3, -0.25) is 19.2 Å². The molecule has 0 atom stereocenters. The summed E-state index contributed by atoms with van der Waals surface area (Å²) in [5, 5.41) is 36.5. The highest BCUT2D eigenvalue weighted by atomic mass is 35.5. The number of methoxy groups -OCH3 is 1. The number of allylic oxidation sites excluding steroid dienone is 3. The summed E-state index contributed by atoms with van der Waals surface area (Å²) >= 11 is 12.2. The summed E-state index contributed by atoms with van der Waals surface area (Å²) in [5.74, 6) is -9.82. The van der Waals surface area contributed by atoms with Gasteiger partial charge in [0.15, 0.2) is 17.4 Å². The Labute approximate surface area is 573 Å². The van der Waals surface area contributed by atoms with Gasteiger partial charge in [-0.25, -0.2) is 51.6 Å². The molecule has 6 N–H and O–H groups in total. The van der Waals surface area contributed by atoms with E-state index < -0.39 is 111 Å². The van der Waals surface area contributed by atoms with Crippen molar-refractivity contribution in [1.29, 1.82) is 16.2 Å². The third-order valence-electron chi connectivity index (χ3n) is 14.9. The first kappa shape index (κ1) is 77.5. The van der Waals surface area contributed by atoms with Crippen LogP contribution in [-0.4, -0.2) is 213 Å². The van der Waals surface area contributed by atoms with E-state index in [1.807, 2.05) is 6.92 Å². The number of carbonyl (C=O) groups is 4. The van der Waals surface area contributed by atoms with Gasteiger partial charge >= 0.3 is 5.97 Å². The Morgan fingerprint density at radius 1 is 0.525 bits per heavy atom. The molecule has 4 fully saturated rings. The zero-order chi connectivity index (χ0) is 72.7. The second-order valence-corrected chi connectivity index (χ2v) is 29.1. The number of hydrogen-bond donors (Lipinski definition) is 6. The van der Waals surface area contributed by atoms with Crippen molar-refractivity contribution >= 4 is 113 Å². The van der Waals surface area contributed by atoms with Crippen LogP contribution in [0.25, 0.3) is 0 Å². The van der Waals surface area contributed by atoms with E-state index in [0.717, 1.165) is 79.3 Å². The normalized spacial score (nSPS) is 16.8. The lowest BCUT2D eigenvalue weighted by Gasteiger charge is -2.36. The van der Waals surface area contributed by atoms with Gasteiger partial charge in [0.25, 0.3) is 17.7 Å². The minimum Gasteiger partial charge on any atom is -0.486 e. The number of nitrogens with one attached hydrogen (secondary N) is 6. The van der Waals surface area contributed by atoms with Crippen molar-refractivity contribution in [2.24, 2.45) is 5.41 Å². The van der Waals surface area contributed by atoms with E-state index in [0.29, 0.717) is 29.8 Å². The minimum absolute atomic E-state index is 0.00242. The molecule has 4 aliphatic rings. The van der Waals surface area contributed by atoms with Crippen molar-refractivity contribution in [2.75, 3.05) is 114 Å². The number of amides is 3. The van der Waals surface area contributed by atoms with Gasteiger partial charge in [-0.15, -0.1) is 0 Å². The summed E-state index contributed by atoms with van der Waals surface area (Å²) in [6.07, 6.45) is 4.49. The van der Waals surface area contributed by atoms with E-state index in [9.17, 15) is 70.8 Å². The molecule has 0 bridgehead atoms. The molecule has 1 saturated carbocycles. The maximum atomic E-state index is 13.6. The van der Waals surface area contributed by atoms with Gasteiger partial charge < -0.3 is 65.4 Å². The van der Waals surface area contributed by atoms with Crippen LogP contribution in [0.1, 0.15) is 43.2 Å². The van der Waals surface area contributed by atoms with Gasteiger partial charge in [0.05, 0.1) is 25.1 Å². The van der Waals surface area contributed by atoms with E-state index in [1.54, 1.807) is 23.6 Å². The lowest BCUT2D eigenvalue weighted by atomic mass is 10.2. The minimum atomic E-state index is -3.86. The van der Waals surface area contributed by atoms with Gasteiger partial charge in [0, 0.05) is 138 Å². The van der Waals surface area contributed by atoms with Crippen LogP contribution >= 0.6 is 23.2 Å². The first-order valence-corrected chi connectivity index (χ1v) is 35.1. The van der Waals surface area contributed by atoms with Crippen molar-refractivity contribution < 1.29 is 89.3 Å². The van der Waals surface area contributed by atoms with Gasteiger partial charge in [-0.05, 0) is 63.1 Å². The predicted molar refractivity (Wildman–Crippen MR) is 346 cm³/mol. The predicted octanol–water partition coefficient (Wildman–Crippen LogP) is 5.39. The number of ether oxygens (including phenoxy) is 2. The molecular formula is C58H66Cl2F6N16O14S3. The number of anilines is 3. The molecule has 3 amide bonds. The highest BCUT2D eigenvalue weighted by molar-refractivity contribution is 7.89. The molecule has 41 heteroatoms. The molecule has 9 rings (SSSR count). The monoisotopic (exact) mass is 1490 g/mol. The Morgan fingerprint density at radius 3 is 1.13 bits per heavy atom. The number of sulfonamides is 3. The number of esters is 1. The molecule has 0 radical (unpaired) electrons. The van der Waals surface area contributed by atoms with Gasteiger partial charge in [-0.2, -0.15) is 22.9 Å². The van der Waals surface area contributed by atoms with E-state index in [1.165, 1.54) is 13.5 Å². The highest BCUT2D eigenvalue weighted by Crippen LogP contribution is 2.45. The first-order chi connectivity index (χ1) is 46.6.